The van der Waals surface area contributed by atoms with Gasteiger partial charge in [0.1, 0.15) is 5.82 Å². The number of likely N-dealkylation sites (tertiary alicyclic amines) is 1. The number of carbonyl (C=O) groups excluding carboxylic acids is 1. The molecule has 2 N–H and O–H groups in total. The Morgan fingerprint density at radius 3 is 2.79 bits per heavy atom. The van der Waals surface area contributed by atoms with Gasteiger partial charge in [-0.25, -0.2) is 9.07 Å². The van der Waals surface area contributed by atoms with Crippen LogP contribution in [0.25, 0.3) is 5.69 Å². The predicted molar refractivity (Wildman–Crippen MR) is 93.5 cm³/mol. The molecule has 2 atom stereocenters. The first-order valence-corrected chi connectivity index (χ1v) is 8.81. The summed E-state index contributed by atoms with van der Waals surface area (Å²) < 4.78 is 15.2. The fourth-order valence-corrected chi connectivity index (χ4v) is 3.55. The number of hydrogen-bond acceptors (Lipinski definition) is 3. The Bertz CT molecular complexity index is 731. The van der Waals surface area contributed by atoms with Gasteiger partial charge < -0.3 is 10.6 Å². The summed E-state index contributed by atoms with van der Waals surface area (Å²) in [5.74, 6) is 0.141. The molecule has 0 aliphatic carbocycles. The number of aromatic nitrogens is 2. The summed E-state index contributed by atoms with van der Waals surface area (Å²) in [7, 11) is 0. The number of rotatable bonds is 3. The highest BCUT2D eigenvalue weighted by Crippen LogP contribution is 2.26. The maximum absolute atomic E-state index is 13.1. The second kappa shape index (κ2) is 7.03. The molecule has 0 saturated carbocycles. The van der Waals surface area contributed by atoms with Crippen molar-refractivity contribution < 1.29 is 9.18 Å². The minimum atomic E-state index is -0.311. The molecule has 7 heteroatoms. The lowest BCUT2D eigenvalue weighted by atomic mass is 9.92. The molecule has 24 heavy (non-hydrogen) atoms. The van der Waals surface area contributed by atoms with Crippen LogP contribution < -0.4 is 5.73 Å². The quantitative estimate of drug-likeness (QED) is 0.869. The van der Waals surface area contributed by atoms with E-state index in [-0.39, 0.29) is 17.8 Å². The van der Waals surface area contributed by atoms with E-state index in [2.05, 4.69) is 28.0 Å². The van der Waals surface area contributed by atoms with E-state index in [0.29, 0.717) is 34.9 Å². The average molecular weight is 395 g/mol. The normalized spacial score (nSPS) is 21.1. The number of halogens is 2. The van der Waals surface area contributed by atoms with E-state index >= 15 is 0 Å². The number of amides is 1. The van der Waals surface area contributed by atoms with Crippen LogP contribution in [0.2, 0.25) is 0 Å². The molecule has 0 bridgehead atoms. The average Bonchev–Trinajstić information content (AvgIpc) is 2.96. The fourth-order valence-electron chi connectivity index (χ4n) is 3.10. The molecule has 5 nitrogen and oxygen atoms in total. The van der Waals surface area contributed by atoms with E-state index < -0.39 is 0 Å². The number of piperidine rings is 1. The Morgan fingerprint density at radius 1 is 1.42 bits per heavy atom. The summed E-state index contributed by atoms with van der Waals surface area (Å²) in [5, 5.41) is 4.39. The van der Waals surface area contributed by atoms with Crippen LogP contribution in [0.3, 0.4) is 0 Å². The van der Waals surface area contributed by atoms with E-state index in [0.717, 1.165) is 12.8 Å². The van der Waals surface area contributed by atoms with Crippen molar-refractivity contribution in [3.8, 4) is 5.69 Å². The standard InChI is InChI=1S/C17H20BrFN4O/c1-11-6-7-22(14(8-11)9-20)17(24)16-15(18)10-23(21-16)13-4-2-12(19)3-5-13/h2-5,10-11,14H,6-9,20H2,1H3. The highest BCUT2D eigenvalue weighted by molar-refractivity contribution is 9.10. The van der Waals surface area contributed by atoms with Gasteiger partial charge in [-0.05, 0) is 59.0 Å². The zero-order valence-corrected chi connectivity index (χ0v) is 15.0. The number of nitrogens with two attached hydrogens (primary N) is 1. The van der Waals surface area contributed by atoms with Crippen LogP contribution in [0, 0.1) is 11.7 Å². The Morgan fingerprint density at radius 2 is 2.12 bits per heavy atom. The van der Waals surface area contributed by atoms with Gasteiger partial charge in [-0.2, -0.15) is 5.10 Å². The Labute approximate surface area is 148 Å². The van der Waals surface area contributed by atoms with Crippen LogP contribution in [0.1, 0.15) is 30.3 Å². The van der Waals surface area contributed by atoms with Gasteiger partial charge >= 0.3 is 0 Å². The van der Waals surface area contributed by atoms with Gasteiger partial charge in [0.25, 0.3) is 5.91 Å². The number of hydrogen-bond donors (Lipinski definition) is 1. The third kappa shape index (κ3) is 3.37. The van der Waals surface area contributed by atoms with Gasteiger partial charge in [0.15, 0.2) is 5.69 Å². The minimum absolute atomic E-state index is 0.0455. The topological polar surface area (TPSA) is 64.2 Å². The van der Waals surface area contributed by atoms with Crippen LogP contribution in [-0.2, 0) is 0 Å². The van der Waals surface area contributed by atoms with Crippen molar-refractivity contribution in [2.45, 2.75) is 25.8 Å². The summed E-state index contributed by atoms with van der Waals surface area (Å²) in [4.78, 5) is 14.7. The summed E-state index contributed by atoms with van der Waals surface area (Å²) in [6, 6.07) is 6.01. The summed E-state index contributed by atoms with van der Waals surface area (Å²) in [6.07, 6.45) is 3.60. The van der Waals surface area contributed by atoms with Crippen molar-refractivity contribution in [1.29, 1.82) is 0 Å². The highest BCUT2D eigenvalue weighted by atomic mass is 79.9. The molecule has 128 valence electrons. The molecule has 1 amide bonds. The molecule has 1 saturated heterocycles. The minimum Gasteiger partial charge on any atom is -0.333 e. The third-order valence-electron chi connectivity index (χ3n) is 4.47. The molecule has 3 rings (SSSR count). The molecule has 2 heterocycles. The van der Waals surface area contributed by atoms with E-state index in [1.165, 1.54) is 12.1 Å². The lowest BCUT2D eigenvalue weighted by molar-refractivity contribution is 0.0566. The molecule has 1 aliphatic heterocycles. The van der Waals surface area contributed by atoms with E-state index in [9.17, 15) is 9.18 Å². The molecule has 2 unspecified atom stereocenters. The molecule has 0 radical (unpaired) electrons. The first-order valence-electron chi connectivity index (χ1n) is 8.01. The highest BCUT2D eigenvalue weighted by Gasteiger charge is 2.31. The Kier molecular flexibility index (Phi) is 5.01. The zero-order valence-electron chi connectivity index (χ0n) is 13.5. The molecule has 1 aromatic heterocycles. The maximum Gasteiger partial charge on any atom is 0.275 e. The summed E-state index contributed by atoms with van der Waals surface area (Å²) in [5.41, 5.74) is 6.90. The SMILES string of the molecule is CC1CCN(C(=O)c2nn(-c3ccc(F)cc3)cc2Br)C(CN)C1. The molecule has 1 fully saturated rings. The smallest absolute Gasteiger partial charge is 0.275 e. The number of carbonyl (C=O) groups is 1. The number of benzene rings is 1. The third-order valence-corrected chi connectivity index (χ3v) is 5.05. The van der Waals surface area contributed by atoms with Crippen molar-refractivity contribution >= 4 is 21.8 Å². The van der Waals surface area contributed by atoms with E-state index in [1.807, 2.05) is 4.90 Å². The van der Waals surface area contributed by atoms with Gasteiger partial charge in [0.05, 0.1) is 10.2 Å². The molecule has 1 aromatic carbocycles. The monoisotopic (exact) mass is 394 g/mol. The van der Waals surface area contributed by atoms with Crippen molar-refractivity contribution in [2.24, 2.45) is 11.7 Å². The predicted octanol–water partition coefficient (Wildman–Crippen LogP) is 2.97. The summed E-state index contributed by atoms with van der Waals surface area (Å²) in [6.45, 7) is 3.33. The van der Waals surface area contributed by atoms with Crippen molar-refractivity contribution in [3.63, 3.8) is 0 Å². The van der Waals surface area contributed by atoms with Crippen LogP contribution in [0.4, 0.5) is 4.39 Å². The van der Waals surface area contributed by atoms with Gasteiger partial charge in [0.2, 0.25) is 0 Å². The van der Waals surface area contributed by atoms with Gasteiger partial charge in [-0.15, -0.1) is 0 Å². The van der Waals surface area contributed by atoms with Crippen LogP contribution in [0.5, 0.6) is 0 Å². The van der Waals surface area contributed by atoms with Gasteiger partial charge in [-0.3, -0.25) is 4.79 Å². The number of nitrogens with zero attached hydrogens (tertiary/aromatic N) is 3. The van der Waals surface area contributed by atoms with Gasteiger partial charge in [0, 0.05) is 25.3 Å². The molecular weight excluding hydrogens is 375 g/mol. The van der Waals surface area contributed by atoms with E-state index in [4.69, 9.17) is 5.73 Å². The lowest BCUT2D eigenvalue weighted by Gasteiger charge is -2.37. The first kappa shape index (κ1) is 17.1. The van der Waals surface area contributed by atoms with Crippen LogP contribution in [0.15, 0.2) is 34.9 Å². The Hall–Kier alpha value is -1.73. The maximum atomic E-state index is 13.1. The second-order valence-corrected chi connectivity index (χ2v) is 7.12. The van der Waals surface area contributed by atoms with Crippen molar-refractivity contribution in [3.05, 3.63) is 46.4 Å². The van der Waals surface area contributed by atoms with Crippen molar-refractivity contribution in [2.75, 3.05) is 13.1 Å². The van der Waals surface area contributed by atoms with Gasteiger partial charge in [-0.1, -0.05) is 6.92 Å². The fraction of sp³-hybridized carbons (Fsp3) is 0.412. The molecule has 2 aromatic rings. The molecular formula is C17H20BrFN4O. The summed E-state index contributed by atoms with van der Waals surface area (Å²) >= 11 is 3.41. The molecule has 0 spiro atoms. The van der Waals surface area contributed by atoms with Crippen LogP contribution in [-0.4, -0.2) is 39.7 Å². The van der Waals surface area contributed by atoms with Crippen molar-refractivity contribution in [1.82, 2.24) is 14.7 Å². The lowest BCUT2D eigenvalue weighted by Crippen LogP contribution is -2.49. The zero-order chi connectivity index (χ0) is 17.3. The second-order valence-electron chi connectivity index (χ2n) is 6.26. The van der Waals surface area contributed by atoms with Crippen LogP contribution >= 0.6 is 15.9 Å². The van der Waals surface area contributed by atoms with E-state index in [1.54, 1.807) is 23.0 Å². The largest absolute Gasteiger partial charge is 0.333 e. The molecule has 1 aliphatic rings. The first-order chi connectivity index (χ1) is 11.5. The Balaban J connectivity index is 1.86.